The van der Waals surface area contributed by atoms with Gasteiger partial charge in [-0.05, 0) is 0 Å². The summed E-state index contributed by atoms with van der Waals surface area (Å²) in [4.78, 5) is 0. The van der Waals surface area contributed by atoms with E-state index in [-0.39, 0.29) is 24.8 Å². The maximum atomic E-state index is 2.72. The van der Waals surface area contributed by atoms with Gasteiger partial charge in [-0.1, -0.05) is 0 Å². The first-order valence-corrected chi connectivity index (χ1v) is 20.1. The Morgan fingerprint density at radius 1 is 0.636 bits per heavy atom. The van der Waals surface area contributed by atoms with Crippen LogP contribution in [0.1, 0.15) is 96.8 Å². The fourth-order valence-corrected chi connectivity index (χ4v) is 16.5. The molecule has 4 aromatic carbocycles. The predicted molar refractivity (Wildman–Crippen MR) is 178 cm³/mol. The first kappa shape index (κ1) is 34.6. The summed E-state index contributed by atoms with van der Waals surface area (Å²) in [5.74, 6) is 0. The van der Waals surface area contributed by atoms with Crippen molar-refractivity contribution in [1.82, 2.24) is 0 Å². The second-order valence-electron chi connectivity index (χ2n) is 12.0. The van der Waals surface area contributed by atoms with Crippen molar-refractivity contribution >= 4 is 3.21 Å². The molecule has 0 saturated heterocycles. The van der Waals surface area contributed by atoms with E-state index in [0.29, 0.717) is 3.63 Å². The Labute approximate surface area is 285 Å². The van der Waals surface area contributed by atoms with Gasteiger partial charge in [0, 0.05) is 0 Å². The third-order valence-corrected chi connectivity index (χ3v) is 17.4. The van der Waals surface area contributed by atoms with Crippen molar-refractivity contribution in [2.75, 3.05) is 0 Å². The molecule has 2 aliphatic rings. The molecule has 0 aromatic heterocycles. The Morgan fingerprint density at radius 3 is 1.59 bits per heavy atom. The van der Waals surface area contributed by atoms with E-state index in [1.165, 1.54) is 65.5 Å². The molecule has 226 valence electrons. The molecule has 0 radical (unpaired) electrons. The number of halogens is 2. The third-order valence-electron chi connectivity index (χ3n) is 9.27. The Bertz CT molecular complexity index is 1580. The van der Waals surface area contributed by atoms with E-state index in [1.54, 1.807) is 28.8 Å². The monoisotopic (exact) mass is 696 g/mol. The van der Waals surface area contributed by atoms with Gasteiger partial charge in [-0.3, -0.25) is 0 Å². The molecule has 0 fully saturated rings. The summed E-state index contributed by atoms with van der Waals surface area (Å²) in [7, 11) is 0. The van der Waals surface area contributed by atoms with E-state index in [0.717, 1.165) is 12.8 Å². The molecule has 0 N–H and O–H groups in total. The van der Waals surface area contributed by atoms with Crippen LogP contribution in [-0.4, -0.2) is 3.21 Å². The standard InChI is InChI=1S/C17H17.C13H10.C11H17.2ClH.Zr/c1-3-12-5-7-16-14(9-12)11-15-10-13(4-2)6-8-17(15)16;1-3-7-12(8-4-1)11-13-9-5-2-6-10-13;1-3-6-10-8-5-9-11(10)7-4-2;;;/h5-11H,3-4H2,1-2H3;1-10H;8H,3-4,6-7,9H2,1-2H3;2*1H;/q;;;;;+2/p-2. The summed E-state index contributed by atoms with van der Waals surface area (Å²) in [5.41, 5.74) is 15.3. The van der Waals surface area contributed by atoms with Crippen LogP contribution in [-0.2, 0) is 34.1 Å². The van der Waals surface area contributed by atoms with Gasteiger partial charge >= 0.3 is 263 Å². The summed E-state index contributed by atoms with van der Waals surface area (Å²) in [6, 6.07) is 37.6. The van der Waals surface area contributed by atoms with Crippen molar-refractivity contribution < 1.29 is 46.1 Å². The van der Waals surface area contributed by atoms with Crippen LogP contribution in [0.3, 0.4) is 0 Å². The number of hydrogen-bond acceptors (Lipinski definition) is 0. The number of aryl methyl sites for hydroxylation is 2. The molecule has 0 spiro atoms. The Morgan fingerprint density at radius 2 is 1.14 bits per heavy atom. The number of benzene rings is 4. The average molecular weight is 699 g/mol. The Kier molecular flexibility index (Phi) is 12.4. The summed E-state index contributed by atoms with van der Waals surface area (Å²) >= 11 is -2.70. The molecule has 4 aromatic rings. The molecule has 0 aliphatic heterocycles. The summed E-state index contributed by atoms with van der Waals surface area (Å²) in [6.45, 7) is 9.30. The smallest absolute Gasteiger partial charge is 1.00 e. The molecular formula is C41H44Cl2Zr. The van der Waals surface area contributed by atoms with E-state index in [2.05, 4.69) is 131 Å². The van der Waals surface area contributed by atoms with Crippen molar-refractivity contribution in [1.29, 1.82) is 0 Å². The van der Waals surface area contributed by atoms with Gasteiger partial charge in [0.25, 0.3) is 0 Å². The van der Waals surface area contributed by atoms with Crippen LogP contribution < -0.4 is 24.8 Å². The van der Waals surface area contributed by atoms with E-state index in [1.807, 2.05) is 0 Å². The summed E-state index contributed by atoms with van der Waals surface area (Å²) in [5, 5.41) is 0. The molecule has 0 saturated carbocycles. The minimum Gasteiger partial charge on any atom is -1.00 e. The molecule has 0 atom stereocenters. The zero-order chi connectivity index (χ0) is 29.1. The van der Waals surface area contributed by atoms with Gasteiger partial charge in [-0.2, -0.15) is 0 Å². The van der Waals surface area contributed by atoms with Gasteiger partial charge in [-0.15, -0.1) is 0 Å². The van der Waals surface area contributed by atoms with Gasteiger partial charge < -0.3 is 24.8 Å². The van der Waals surface area contributed by atoms with E-state index in [4.69, 9.17) is 0 Å². The number of fused-ring (bicyclic) bond motifs is 3. The average Bonchev–Trinajstić information content (AvgIpc) is 3.58. The van der Waals surface area contributed by atoms with Crippen molar-refractivity contribution in [3.8, 4) is 11.1 Å². The molecule has 44 heavy (non-hydrogen) atoms. The molecule has 0 unspecified atom stereocenters. The minimum atomic E-state index is -2.70. The van der Waals surface area contributed by atoms with E-state index >= 15 is 0 Å². The van der Waals surface area contributed by atoms with Crippen LogP contribution in [0.15, 0.2) is 118 Å². The molecule has 6 rings (SSSR count). The molecule has 0 nitrogen and oxygen atoms in total. The van der Waals surface area contributed by atoms with Crippen LogP contribution >= 0.6 is 0 Å². The molecular weight excluding hydrogens is 655 g/mol. The summed E-state index contributed by atoms with van der Waals surface area (Å²) in [6.07, 6.45) is 10.9. The van der Waals surface area contributed by atoms with Gasteiger partial charge in [-0.25, -0.2) is 0 Å². The number of allylic oxidation sites excluding steroid dienone is 4. The van der Waals surface area contributed by atoms with E-state index in [9.17, 15) is 0 Å². The first-order chi connectivity index (χ1) is 20.7. The Hall–Kier alpha value is -2.31. The van der Waals surface area contributed by atoms with Gasteiger partial charge in [0.15, 0.2) is 0 Å². The zero-order valence-corrected chi connectivity index (χ0v) is 30.6. The van der Waals surface area contributed by atoms with Gasteiger partial charge in [0.2, 0.25) is 0 Å². The van der Waals surface area contributed by atoms with Crippen LogP contribution in [0.25, 0.3) is 11.1 Å². The maximum absolute atomic E-state index is 2.72. The van der Waals surface area contributed by atoms with E-state index < -0.39 is 21.3 Å². The Balaban J connectivity index is 0.00000221. The quantitative estimate of drug-likeness (QED) is 0.220. The van der Waals surface area contributed by atoms with Crippen molar-refractivity contribution in [2.24, 2.45) is 0 Å². The summed E-state index contributed by atoms with van der Waals surface area (Å²) < 4.78 is 3.92. The van der Waals surface area contributed by atoms with Crippen molar-refractivity contribution in [3.05, 3.63) is 151 Å². The SMILES string of the molecule is CCCC1=C(CCC)C[C]([Zr+2](=[C](c2ccccc2)c2ccccc2)[CH]2c3cc(CC)ccc3-c3ccc(CC)cc32)=C1.[Cl-].[Cl-]. The van der Waals surface area contributed by atoms with Crippen LogP contribution in [0.2, 0.25) is 0 Å². The number of hydrogen-bond donors (Lipinski definition) is 0. The number of rotatable bonds is 10. The van der Waals surface area contributed by atoms with Crippen LogP contribution in [0, 0.1) is 0 Å². The second kappa shape index (κ2) is 15.8. The molecule has 0 amide bonds. The fraction of sp³-hybridized carbons (Fsp3) is 0.293. The third kappa shape index (κ3) is 6.77. The first-order valence-electron chi connectivity index (χ1n) is 16.2. The van der Waals surface area contributed by atoms with Crippen molar-refractivity contribution in [2.45, 2.75) is 76.3 Å². The predicted octanol–water partition coefficient (Wildman–Crippen LogP) is 4.96. The maximum Gasteiger partial charge on any atom is -1.00 e. The van der Waals surface area contributed by atoms with Gasteiger partial charge in [0.05, 0.1) is 0 Å². The largest absolute Gasteiger partial charge is 1.00 e. The zero-order valence-electron chi connectivity index (χ0n) is 26.6. The van der Waals surface area contributed by atoms with Crippen molar-refractivity contribution in [3.63, 3.8) is 0 Å². The normalized spacial score (nSPS) is 13.3. The van der Waals surface area contributed by atoms with Gasteiger partial charge in [0.1, 0.15) is 0 Å². The fourth-order valence-electron chi connectivity index (χ4n) is 7.24. The minimum absolute atomic E-state index is 0. The van der Waals surface area contributed by atoms with Crippen LogP contribution in [0.4, 0.5) is 0 Å². The molecule has 2 aliphatic carbocycles. The van der Waals surface area contributed by atoms with Crippen LogP contribution in [0.5, 0.6) is 0 Å². The topological polar surface area (TPSA) is 0 Å². The second-order valence-corrected chi connectivity index (χ2v) is 18.2. The molecule has 0 heterocycles. The molecule has 0 bridgehead atoms. The molecule has 3 heteroatoms.